The molecule has 16 heavy (non-hydrogen) atoms. The third-order valence-corrected chi connectivity index (χ3v) is 4.34. The van der Waals surface area contributed by atoms with Crippen LogP contribution in [0.5, 0.6) is 0 Å². The van der Waals surface area contributed by atoms with E-state index in [1.807, 2.05) is 28.7 Å². The maximum atomic E-state index is 13.6. The van der Waals surface area contributed by atoms with Gasteiger partial charge in [0.25, 0.3) is 0 Å². The quantitative estimate of drug-likeness (QED) is 0.734. The minimum absolute atomic E-state index is 0.103. The molecule has 3 rings (SSSR count). The number of halogens is 2. The molecule has 1 atom stereocenters. The first-order valence-corrected chi connectivity index (χ1v) is 6.83. The van der Waals surface area contributed by atoms with Crippen LogP contribution in [0, 0.1) is 9.39 Å². The summed E-state index contributed by atoms with van der Waals surface area (Å²) in [5.74, 6) is -0.103. The van der Waals surface area contributed by atoms with Gasteiger partial charge in [-0.2, -0.15) is 0 Å². The molecule has 4 heteroatoms. The van der Waals surface area contributed by atoms with Gasteiger partial charge in [0, 0.05) is 25.2 Å². The third-order valence-electron chi connectivity index (χ3n) is 3.52. The van der Waals surface area contributed by atoms with Gasteiger partial charge in [0.05, 0.1) is 14.9 Å². The molecule has 2 heterocycles. The zero-order valence-electron chi connectivity index (χ0n) is 8.97. The minimum Gasteiger partial charge on any atom is -0.383 e. The number of benzene rings is 1. The van der Waals surface area contributed by atoms with Crippen molar-refractivity contribution in [3.63, 3.8) is 0 Å². The van der Waals surface area contributed by atoms with Gasteiger partial charge in [-0.1, -0.05) is 0 Å². The number of rotatable bonds is 0. The molecule has 0 saturated carbocycles. The van der Waals surface area contributed by atoms with E-state index in [2.05, 4.69) is 10.2 Å². The highest BCUT2D eigenvalue weighted by atomic mass is 127. The summed E-state index contributed by atoms with van der Waals surface area (Å²) in [5.41, 5.74) is 2.15. The Bertz CT molecular complexity index is 422. The standard InChI is InChI=1S/C12H14FIN2/c13-9-6-12-11(7-10(9)14)15-4-3-8-2-1-5-16(8)12/h6-8,15H,1-5H2. The second-order valence-electron chi connectivity index (χ2n) is 4.49. The Morgan fingerprint density at radius 1 is 1.38 bits per heavy atom. The molecule has 86 valence electrons. The SMILES string of the molecule is Fc1cc2c(cc1I)NCCC1CCCN21. The van der Waals surface area contributed by atoms with E-state index in [1.54, 1.807) is 6.07 Å². The Morgan fingerprint density at radius 3 is 3.12 bits per heavy atom. The van der Waals surface area contributed by atoms with Crippen LogP contribution in [0.15, 0.2) is 12.1 Å². The molecule has 0 bridgehead atoms. The molecule has 0 amide bonds. The molecule has 1 aromatic carbocycles. The molecule has 1 fully saturated rings. The van der Waals surface area contributed by atoms with E-state index in [1.165, 1.54) is 12.8 Å². The predicted molar refractivity (Wildman–Crippen MR) is 72.6 cm³/mol. The maximum absolute atomic E-state index is 13.6. The molecular formula is C12H14FIN2. The topological polar surface area (TPSA) is 15.3 Å². The van der Waals surface area contributed by atoms with Crippen LogP contribution in [0.25, 0.3) is 0 Å². The van der Waals surface area contributed by atoms with Gasteiger partial charge in [0.15, 0.2) is 0 Å². The van der Waals surface area contributed by atoms with Gasteiger partial charge in [-0.25, -0.2) is 4.39 Å². The van der Waals surface area contributed by atoms with Crippen LogP contribution in [0.4, 0.5) is 15.8 Å². The highest BCUT2D eigenvalue weighted by molar-refractivity contribution is 14.1. The molecule has 1 N–H and O–H groups in total. The van der Waals surface area contributed by atoms with Crippen molar-refractivity contribution in [3.8, 4) is 0 Å². The minimum atomic E-state index is -0.103. The van der Waals surface area contributed by atoms with E-state index in [0.717, 1.165) is 30.9 Å². The number of hydrogen-bond donors (Lipinski definition) is 1. The summed E-state index contributed by atoms with van der Waals surface area (Å²) in [6.07, 6.45) is 3.64. The Labute approximate surface area is 108 Å². The Hall–Kier alpha value is -0.520. The second-order valence-corrected chi connectivity index (χ2v) is 5.65. The first-order valence-electron chi connectivity index (χ1n) is 5.75. The lowest BCUT2D eigenvalue weighted by molar-refractivity contribution is 0.615. The smallest absolute Gasteiger partial charge is 0.138 e. The third kappa shape index (κ3) is 1.67. The van der Waals surface area contributed by atoms with Gasteiger partial charge >= 0.3 is 0 Å². The molecule has 0 aliphatic carbocycles. The van der Waals surface area contributed by atoms with Crippen LogP contribution in [-0.2, 0) is 0 Å². The van der Waals surface area contributed by atoms with Gasteiger partial charge < -0.3 is 10.2 Å². The van der Waals surface area contributed by atoms with Crippen LogP contribution in [0.1, 0.15) is 19.3 Å². The molecule has 0 spiro atoms. The first kappa shape index (κ1) is 10.6. The molecule has 1 saturated heterocycles. The van der Waals surface area contributed by atoms with E-state index in [9.17, 15) is 4.39 Å². The molecule has 2 aliphatic heterocycles. The molecule has 2 nitrogen and oxygen atoms in total. The largest absolute Gasteiger partial charge is 0.383 e. The number of fused-ring (bicyclic) bond motifs is 3. The lowest BCUT2D eigenvalue weighted by atomic mass is 10.1. The van der Waals surface area contributed by atoms with E-state index >= 15 is 0 Å². The highest BCUT2D eigenvalue weighted by Crippen LogP contribution is 2.37. The van der Waals surface area contributed by atoms with Crippen LogP contribution in [-0.4, -0.2) is 19.1 Å². The molecule has 1 unspecified atom stereocenters. The van der Waals surface area contributed by atoms with Crippen molar-refractivity contribution in [2.24, 2.45) is 0 Å². The van der Waals surface area contributed by atoms with Gasteiger partial charge in [0.1, 0.15) is 5.82 Å². The van der Waals surface area contributed by atoms with Gasteiger partial charge in [0.2, 0.25) is 0 Å². The van der Waals surface area contributed by atoms with Crippen molar-refractivity contribution in [1.82, 2.24) is 0 Å². The Morgan fingerprint density at radius 2 is 2.25 bits per heavy atom. The fourth-order valence-electron chi connectivity index (χ4n) is 2.74. The normalized spacial score (nSPS) is 23.4. The van der Waals surface area contributed by atoms with Crippen molar-refractivity contribution in [2.45, 2.75) is 25.3 Å². The lowest BCUT2D eigenvalue weighted by Crippen LogP contribution is -2.28. The summed E-state index contributed by atoms with van der Waals surface area (Å²) in [4.78, 5) is 2.37. The summed E-state index contributed by atoms with van der Waals surface area (Å²) in [6.45, 7) is 2.06. The van der Waals surface area contributed by atoms with Crippen LogP contribution >= 0.6 is 22.6 Å². The first-order chi connectivity index (χ1) is 7.75. The monoisotopic (exact) mass is 332 g/mol. The fraction of sp³-hybridized carbons (Fsp3) is 0.500. The summed E-state index contributed by atoms with van der Waals surface area (Å²) < 4.78 is 14.3. The van der Waals surface area contributed by atoms with Crippen LogP contribution in [0.2, 0.25) is 0 Å². The van der Waals surface area contributed by atoms with Crippen molar-refractivity contribution in [2.75, 3.05) is 23.3 Å². The van der Waals surface area contributed by atoms with E-state index in [0.29, 0.717) is 9.61 Å². The van der Waals surface area contributed by atoms with Crippen molar-refractivity contribution >= 4 is 34.0 Å². The number of anilines is 2. The number of hydrogen-bond acceptors (Lipinski definition) is 2. The molecule has 0 radical (unpaired) electrons. The highest BCUT2D eigenvalue weighted by Gasteiger charge is 2.29. The number of nitrogens with one attached hydrogen (secondary N) is 1. The van der Waals surface area contributed by atoms with E-state index in [4.69, 9.17) is 0 Å². The Balaban J connectivity index is 2.09. The van der Waals surface area contributed by atoms with Gasteiger partial charge in [-0.15, -0.1) is 0 Å². The molecule has 0 aromatic heterocycles. The van der Waals surface area contributed by atoms with E-state index < -0.39 is 0 Å². The van der Waals surface area contributed by atoms with Crippen LogP contribution in [0.3, 0.4) is 0 Å². The lowest BCUT2D eigenvalue weighted by Gasteiger charge is -2.25. The van der Waals surface area contributed by atoms with Crippen molar-refractivity contribution in [3.05, 3.63) is 21.5 Å². The summed E-state index contributed by atoms with van der Waals surface area (Å²) >= 11 is 2.05. The fourth-order valence-corrected chi connectivity index (χ4v) is 3.21. The van der Waals surface area contributed by atoms with E-state index in [-0.39, 0.29) is 5.82 Å². The summed E-state index contributed by atoms with van der Waals surface area (Å²) in [5, 5.41) is 3.41. The predicted octanol–water partition coefficient (Wildman–Crippen LogP) is 3.21. The average Bonchev–Trinajstić information content (AvgIpc) is 2.65. The number of nitrogens with zero attached hydrogens (tertiary/aromatic N) is 1. The summed E-state index contributed by atoms with van der Waals surface area (Å²) in [7, 11) is 0. The summed E-state index contributed by atoms with van der Waals surface area (Å²) in [6, 6.07) is 4.22. The van der Waals surface area contributed by atoms with Gasteiger partial charge in [-0.05, 0) is 47.9 Å². The average molecular weight is 332 g/mol. The maximum Gasteiger partial charge on any atom is 0.138 e. The zero-order valence-corrected chi connectivity index (χ0v) is 11.1. The zero-order chi connectivity index (χ0) is 11.1. The molecule has 1 aromatic rings. The van der Waals surface area contributed by atoms with Crippen molar-refractivity contribution in [1.29, 1.82) is 0 Å². The van der Waals surface area contributed by atoms with Crippen molar-refractivity contribution < 1.29 is 4.39 Å². The second kappa shape index (κ2) is 4.05. The Kier molecular flexibility index (Phi) is 2.69. The van der Waals surface area contributed by atoms with Crippen LogP contribution < -0.4 is 10.2 Å². The van der Waals surface area contributed by atoms with Gasteiger partial charge in [-0.3, -0.25) is 0 Å². The molecular weight excluding hydrogens is 318 g/mol. The molecule has 2 aliphatic rings.